The number of carbonyl (C=O) groups excluding carboxylic acids is 1. The van der Waals surface area contributed by atoms with E-state index in [1.165, 1.54) is 0 Å². The van der Waals surface area contributed by atoms with E-state index in [0.717, 1.165) is 0 Å². The number of halogens is 4. The van der Waals surface area contributed by atoms with Crippen LogP contribution in [0.15, 0.2) is 12.2 Å². The minimum Gasteiger partial charge on any atom is -0.367 e. The predicted octanol–water partition coefficient (Wildman–Crippen LogP) is 2.44. The molecule has 0 heterocycles. The largest absolute Gasteiger partial charge is 0.367 e. The Kier molecular flexibility index (Phi) is 5.49. The lowest BCUT2D eigenvalue weighted by molar-refractivity contribution is -0.168. The summed E-state index contributed by atoms with van der Waals surface area (Å²) in [5, 5.41) is 0. The van der Waals surface area contributed by atoms with Gasteiger partial charge in [-0.3, -0.25) is 4.79 Å². The van der Waals surface area contributed by atoms with Crippen molar-refractivity contribution in [3.63, 3.8) is 0 Å². The van der Waals surface area contributed by atoms with Crippen molar-refractivity contribution in [3.05, 3.63) is 12.2 Å². The highest BCUT2D eigenvalue weighted by Crippen LogP contribution is 2.22. The number of rotatable bonds is 7. The van der Waals surface area contributed by atoms with Gasteiger partial charge in [0.1, 0.15) is 13.2 Å². The summed E-state index contributed by atoms with van der Waals surface area (Å²) >= 11 is 0. The maximum atomic E-state index is 12.3. The highest BCUT2D eigenvalue weighted by atomic mass is 19.3. The zero-order valence-corrected chi connectivity index (χ0v) is 8.23. The molecule has 0 saturated heterocycles. The highest BCUT2D eigenvalue weighted by Gasteiger charge is 2.41. The van der Waals surface area contributed by atoms with Gasteiger partial charge in [-0.1, -0.05) is 12.2 Å². The van der Waals surface area contributed by atoms with E-state index in [1.54, 1.807) is 6.92 Å². The monoisotopic (exact) mass is 228 g/mol. The second-order valence-corrected chi connectivity index (χ2v) is 3.23. The molecule has 0 fully saturated rings. The zero-order valence-electron chi connectivity index (χ0n) is 8.23. The van der Waals surface area contributed by atoms with Crippen LogP contribution < -0.4 is 0 Å². The third-order valence-electron chi connectivity index (χ3n) is 1.38. The number of alkyl halides is 4. The Morgan fingerprint density at radius 3 is 2.40 bits per heavy atom. The maximum absolute atomic E-state index is 12.3. The first-order valence-electron chi connectivity index (χ1n) is 4.15. The Balaban J connectivity index is 3.79. The molecule has 0 aromatic heterocycles. The van der Waals surface area contributed by atoms with Gasteiger partial charge >= 0.3 is 12.3 Å². The highest BCUT2D eigenvalue weighted by molar-refractivity contribution is 5.81. The predicted molar refractivity (Wildman–Crippen MR) is 46.2 cm³/mol. The summed E-state index contributed by atoms with van der Waals surface area (Å²) in [5.74, 6) is -4.67. The zero-order chi connectivity index (χ0) is 12.1. The van der Waals surface area contributed by atoms with Crippen molar-refractivity contribution < 1.29 is 27.1 Å². The number of allylic oxidation sites excluding steroid dienone is 1. The normalized spacial score (nSPS) is 11.9. The van der Waals surface area contributed by atoms with Crippen LogP contribution >= 0.6 is 0 Å². The summed E-state index contributed by atoms with van der Waals surface area (Å²) in [6.07, 6.45) is -3.78. The topological polar surface area (TPSA) is 26.3 Å². The minimum atomic E-state index is -4.20. The molecule has 0 aromatic rings. The van der Waals surface area contributed by atoms with Gasteiger partial charge < -0.3 is 4.74 Å². The number of ketones is 1. The van der Waals surface area contributed by atoms with Crippen LogP contribution in [0.25, 0.3) is 0 Å². The van der Waals surface area contributed by atoms with Crippen molar-refractivity contribution in [3.8, 4) is 0 Å². The Hall–Kier alpha value is -0.910. The summed E-state index contributed by atoms with van der Waals surface area (Å²) in [7, 11) is 0. The molecule has 0 aliphatic carbocycles. The second kappa shape index (κ2) is 5.85. The molecule has 0 aromatic carbocycles. The van der Waals surface area contributed by atoms with Crippen molar-refractivity contribution in [1.82, 2.24) is 0 Å². The molecule has 0 aliphatic rings. The van der Waals surface area contributed by atoms with Gasteiger partial charge in [-0.15, -0.1) is 0 Å². The Labute approximate surface area is 84.9 Å². The molecule has 0 spiro atoms. The molecule has 0 rings (SSSR count). The minimum absolute atomic E-state index is 0.000248. The lowest BCUT2D eigenvalue weighted by atomic mass is 10.2. The molecule has 88 valence electrons. The van der Waals surface area contributed by atoms with Gasteiger partial charge in [0.05, 0.1) is 0 Å². The molecule has 2 nitrogen and oxygen atoms in total. The molecule has 6 heteroatoms. The van der Waals surface area contributed by atoms with Crippen LogP contribution in [0, 0.1) is 0 Å². The molecule has 0 bridgehead atoms. The first kappa shape index (κ1) is 14.1. The smallest absolute Gasteiger partial charge is 0.330 e. The molecular weight excluding hydrogens is 216 g/mol. The average Bonchev–Trinajstić information content (AvgIpc) is 2.01. The van der Waals surface area contributed by atoms with Crippen LogP contribution in [-0.2, 0) is 9.53 Å². The van der Waals surface area contributed by atoms with Crippen LogP contribution in [0.5, 0.6) is 0 Å². The fourth-order valence-corrected chi connectivity index (χ4v) is 0.752. The van der Waals surface area contributed by atoms with Crippen LogP contribution in [-0.4, -0.2) is 31.3 Å². The van der Waals surface area contributed by atoms with Crippen molar-refractivity contribution in [2.75, 3.05) is 13.2 Å². The molecule has 0 aliphatic heterocycles. The van der Waals surface area contributed by atoms with Crippen LogP contribution in [0.4, 0.5) is 17.6 Å². The van der Waals surface area contributed by atoms with Crippen LogP contribution in [0.3, 0.4) is 0 Å². The Morgan fingerprint density at radius 2 is 2.00 bits per heavy atom. The number of hydrogen-bond acceptors (Lipinski definition) is 2. The molecule has 0 amide bonds. The van der Waals surface area contributed by atoms with Crippen molar-refractivity contribution in [2.45, 2.75) is 25.7 Å². The number of carbonyl (C=O) groups is 1. The van der Waals surface area contributed by atoms with Crippen LogP contribution in [0.2, 0.25) is 0 Å². The fraction of sp³-hybridized carbons (Fsp3) is 0.667. The first-order chi connectivity index (χ1) is 6.75. The van der Waals surface area contributed by atoms with Crippen molar-refractivity contribution in [2.24, 2.45) is 0 Å². The van der Waals surface area contributed by atoms with Gasteiger partial charge in [0.15, 0.2) is 5.78 Å². The Bertz CT molecular complexity index is 238. The van der Waals surface area contributed by atoms with E-state index >= 15 is 0 Å². The van der Waals surface area contributed by atoms with Gasteiger partial charge in [0.2, 0.25) is 0 Å². The molecule has 0 saturated carbocycles. The third-order valence-corrected chi connectivity index (χ3v) is 1.38. The average molecular weight is 228 g/mol. The van der Waals surface area contributed by atoms with Gasteiger partial charge in [0, 0.05) is 6.42 Å². The van der Waals surface area contributed by atoms with E-state index < -0.39 is 31.3 Å². The molecule has 15 heavy (non-hydrogen) atoms. The lowest BCUT2D eigenvalue weighted by Crippen LogP contribution is -2.33. The van der Waals surface area contributed by atoms with E-state index in [9.17, 15) is 22.4 Å². The van der Waals surface area contributed by atoms with Crippen molar-refractivity contribution in [1.29, 1.82) is 0 Å². The summed E-state index contributed by atoms with van der Waals surface area (Å²) in [6, 6.07) is 0. The van der Waals surface area contributed by atoms with Gasteiger partial charge in [-0.2, -0.15) is 8.78 Å². The van der Waals surface area contributed by atoms with Gasteiger partial charge in [-0.25, -0.2) is 8.78 Å². The fourth-order valence-electron chi connectivity index (χ4n) is 0.752. The summed E-state index contributed by atoms with van der Waals surface area (Å²) < 4.78 is 51.9. The molecular formula is C9H12F4O2. The quantitative estimate of drug-likeness (QED) is 0.494. The summed E-state index contributed by atoms with van der Waals surface area (Å²) in [6.45, 7) is 2.97. The summed E-state index contributed by atoms with van der Waals surface area (Å²) in [5.41, 5.74) is 0.559. The van der Waals surface area contributed by atoms with E-state index in [-0.39, 0.29) is 6.42 Å². The first-order valence-corrected chi connectivity index (χ1v) is 4.15. The lowest BCUT2D eigenvalue weighted by Gasteiger charge is -2.14. The maximum Gasteiger partial charge on any atom is 0.330 e. The number of ether oxygens (including phenoxy) is 1. The molecule has 0 radical (unpaired) electrons. The van der Waals surface area contributed by atoms with Gasteiger partial charge in [-0.05, 0) is 6.92 Å². The second-order valence-electron chi connectivity index (χ2n) is 3.23. The van der Waals surface area contributed by atoms with E-state index in [1.807, 2.05) is 0 Å². The molecule has 0 atom stereocenters. The SMILES string of the molecule is C=C(C)CC(=O)COCC(F)(F)C(F)F. The number of hydrogen-bond donors (Lipinski definition) is 0. The standard InChI is InChI=1S/C9H12F4O2/c1-6(2)3-7(14)4-15-5-9(12,13)8(10)11/h8H,1,3-5H2,2H3. The number of Topliss-reactive ketones (excluding diaryl/α,β-unsaturated/α-hetero) is 1. The third kappa shape index (κ3) is 6.22. The Morgan fingerprint density at radius 1 is 1.47 bits per heavy atom. The van der Waals surface area contributed by atoms with E-state index in [0.29, 0.717) is 5.57 Å². The van der Waals surface area contributed by atoms with Crippen LogP contribution in [0.1, 0.15) is 13.3 Å². The van der Waals surface area contributed by atoms with Gasteiger partial charge in [0.25, 0.3) is 0 Å². The van der Waals surface area contributed by atoms with E-state index in [4.69, 9.17) is 0 Å². The van der Waals surface area contributed by atoms with Crippen molar-refractivity contribution >= 4 is 5.78 Å². The van der Waals surface area contributed by atoms with E-state index in [2.05, 4.69) is 11.3 Å². The summed E-state index contributed by atoms with van der Waals surface area (Å²) in [4.78, 5) is 10.9. The molecule has 0 unspecified atom stereocenters. The molecule has 0 N–H and O–H groups in total.